The molecule has 0 spiro atoms. The highest BCUT2D eigenvalue weighted by molar-refractivity contribution is 6.30. The van der Waals surface area contributed by atoms with Crippen LogP contribution >= 0.6 is 11.6 Å². The number of halogens is 2. The molecule has 1 saturated carbocycles. The molecule has 1 aromatic rings. The Kier molecular flexibility index (Phi) is 2.50. The second-order valence-corrected chi connectivity index (χ2v) is 4.51. The highest BCUT2D eigenvalue weighted by atomic mass is 35.5. The van der Waals surface area contributed by atoms with E-state index in [1.165, 1.54) is 0 Å². The first-order chi connectivity index (χ1) is 6.61. The fraction of sp³-hybridized carbons (Fsp3) is 0.455. The second kappa shape index (κ2) is 3.52. The summed E-state index contributed by atoms with van der Waals surface area (Å²) in [7, 11) is 0. The molecule has 3 heteroatoms. The Balaban J connectivity index is 2.20. The maximum atomic E-state index is 13.5. The SMILES string of the molecule is NC1(Cc2cccc(Cl)c2F)CCC1. The highest BCUT2D eigenvalue weighted by Crippen LogP contribution is 2.33. The average Bonchev–Trinajstić information content (AvgIpc) is 2.10. The predicted molar refractivity (Wildman–Crippen MR) is 55.9 cm³/mol. The highest BCUT2D eigenvalue weighted by Gasteiger charge is 2.33. The summed E-state index contributed by atoms with van der Waals surface area (Å²) in [4.78, 5) is 0. The summed E-state index contributed by atoms with van der Waals surface area (Å²) in [5.74, 6) is -0.314. The van der Waals surface area contributed by atoms with Crippen LogP contribution in [0.5, 0.6) is 0 Å². The third-order valence-electron chi connectivity index (χ3n) is 2.92. The van der Waals surface area contributed by atoms with Gasteiger partial charge in [-0.05, 0) is 37.3 Å². The monoisotopic (exact) mass is 213 g/mol. The minimum Gasteiger partial charge on any atom is -0.325 e. The molecule has 1 fully saturated rings. The third kappa shape index (κ3) is 1.77. The Bertz CT molecular complexity index is 347. The molecule has 14 heavy (non-hydrogen) atoms. The first-order valence-corrected chi connectivity index (χ1v) is 5.20. The van der Waals surface area contributed by atoms with Crippen molar-refractivity contribution in [3.8, 4) is 0 Å². The van der Waals surface area contributed by atoms with Crippen LogP contribution < -0.4 is 5.73 Å². The summed E-state index contributed by atoms with van der Waals surface area (Å²) >= 11 is 5.69. The first-order valence-electron chi connectivity index (χ1n) is 4.82. The molecule has 0 saturated heterocycles. The van der Waals surface area contributed by atoms with Crippen LogP contribution in [0.25, 0.3) is 0 Å². The molecule has 0 aromatic heterocycles. The minimum atomic E-state index is -0.314. The Morgan fingerprint density at radius 1 is 1.43 bits per heavy atom. The lowest BCUT2D eigenvalue weighted by atomic mass is 9.74. The van der Waals surface area contributed by atoms with Crippen LogP contribution in [0.15, 0.2) is 18.2 Å². The lowest BCUT2D eigenvalue weighted by molar-refractivity contribution is 0.245. The Morgan fingerprint density at radius 3 is 2.71 bits per heavy atom. The van der Waals surface area contributed by atoms with Gasteiger partial charge in [0.25, 0.3) is 0 Å². The number of hydrogen-bond donors (Lipinski definition) is 1. The summed E-state index contributed by atoms with van der Waals surface area (Å²) in [6.45, 7) is 0. The van der Waals surface area contributed by atoms with Crippen molar-refractivity contribution in [1.29, 1.82) is 0 Å². The van der Waals surface area contributed by atoms with Gasteiger partial charge in [-0.2, -0.15) is 0 Å². The van der Waals surface area contributed by atoms with E-state index in [0.717, 1.165) is 19.3 Å². The van der Waals surface area contributed by atoms with Crippen molar-refractivity contribution in [3.05, 3.63) is 34.6 Å². The van der Waals surface area contributed by atoms with E-state index in [1.807, 2.05) is 0 Å². The lowest BCUT2D eigenvalue weighted by Gasteiger charge is -2.38. The molecule has 0 amide bonds. The van der Waals surface area contributed by atoms with E-state index in [-0.39, 0.29) is 16.4 Å². The Hall–Kier alpha value is -0.600. The molecule has 76 valence electrons. The van der Waals surface area contributed by atoms with Gasteiger partial charge in [-0.25, -0.2) is 4.39 Å². The normalized spacial score (nSPS) is 19.1. The van der Waals surface area contributed by atoms with Crippen molar-refractivity contribution in [2.45, 2.75) is 31.2 Å². The zero-order chi connectivity index (χ0) is 10.2. The summed E-state index contributed by atoms with van der Waals surface area (Å²) < 4.78 is 13.5. The van der Waals surface area contributed by atoms with E-state index in [4.69, 9.17) is 17.3 Å². The molecule has 1 aliphatic rings. The molecule has 0 radical (unpaired) electrons. The van der Waals surface area contributed by atoms with Crippen molar-refractivity contribution in [2.24, 2.45) is 5.73 Å². The van der Waals surface area contributed by atoms with Gasteiger partial charge in [-0.3, -0.25) is 0 Å². The fourth-order valence-electron chi connectivity index (χ4n) is 1.87. The van der Waals surface area contributed by atoms with E-state index in [2.05, 4.69) is 0 Å². The maximum Gasteiger partial charge on any atom is 0.145 e. The molecule has 0 bridgehead atoms. The van der Waals surface area contributed by atoms with Crippen LogP contribution in [0.1, 0.15) is 24.8 Å². The molecule has 0 atom stereocenters. The Morgan fingerprint density at radius 2 is 2.14 bits per heavy atom. The smallest absolute Gasteiger partial charge is 0.145 e. The number of hydrogen-bond acceptors (Lipinski definition) is 1. The lowest BCUT2D eigenvalue weighted by Crippen LogP contribution is -2.48. The van der Waals surface area contributed by atoms with Crippen molar-refractivity contribution in [3.63, 3.8) is 0 Å². The first kappa shape index (κ1) is 9.94. The summed E-state index contributed by atoms with van der Waals surface area (Å²) in [6.07, 6.45) is 3.72. The standard InChI is InChI=1S/C11H13ClFN/c12-9-4-1-3-8(10(9)13)7-11(14)5-2-6-11/h1,3-4H,2,5-7,14H2. The molecule has 2 N–H and O–H groups in total. The van der Waals surface area contributed by atoms with Crippen LogP contribution in [-0.4, -0.2) is 5.54 Å². The van der Waals surface area contributed by atoms with Crippen LogP contribution in [0.3, 0.4) is 0 Å². The summed E-state index contributed by atoms with van der Waals surface area (Å²) in [5, 5.41) is 0.186. The van der Waals surface area contributed by atoms with Gasteiger partial charge in [-0.1, -0.05) is 23.7 Å². The molecule has 0 unspecified atom stereocenters. The molecule has 1 nitrogen and oxygen atoms in total. The van der Waals surface area contributed by atoms with E-state index in [0.29, 0.717) is 12.0 Å². The van der Waals surface area contributed by atoms with Gasteiger partial charge in [0.15, 0.2) is 0 Å². The number of benzene rings is 1. The molecule has 2 rings (SSSR count). The van der Waals surface area contributed by atoms with E-state index in [9.17, 15) is 4.39 Å². The van der Waals surface area contributed by atoms with Crippen LogP contribution in [0.4, 0.5) is 4.39 Å². The van der Waals surface area contributed by atoms with Crippen molar-refractivity contribution in [1.82, 2.24) is 0 Å². The third-order valence-corrected chi connectivity index (χ3v) is 3.22. The van der Waals surface area contributed by atoms with Gasteiger partial charge >= 0.3 is 0 Å². The van der Waals surface area contributed by atoms with Gasteiger partial charge in [0, 0.05) is 5.54 Å². The zero-order valence-electron chi connectivity index (χ0n) is 7.89. The average molecular weight is 214 g/mol. The van der Waals surface area contributed by atoms with Crippen molar-refractivity contribution >= 4 is 11.6 Å². The van der Waals surface area contributed by atoms with Gasteiger partial charge < -0.3 is 5.73 Å². The van der Waals surface area contributed by atoms with Crippen molar-refractivity contribution in [2.75, 3.05) is 0 Å². The van der Waals surface area contributed by atoms with Gasteiger partial charge in [0.05, 0.1) is 5.02 Å². The van der Waals surface area contributed by atoms with Gasteiger partial charge in [-0.15, -0.1) is 0 Å². The largest absolute Gasteiger partial charge is 0.325 e. The van der Waals surface area contributed by atoms with E-state index >= 15 is 0 Å². The number of nitrogens with two attached hydrogens (primary N) is 1. The topological polar surface area (TPSA) is 26.0 Å². The summed E-state index contributed by atoms with van der Waals surface area (Å²) in [6, 6.07) is 5.08. The molecule has 1 aromatic carbocycles. The molecule has 0 heterocycles. The quantitative estimate of drug-likeness (QED) is 0.803. The Labute approximate surface area is 88.1 Å². The van der Waals surface area contributed by atoms with Gasteiger partial charge in [0.2, 0.25) is 0 Å². The van der Waals surface area contributed by atoms with Crippen LogP contribution in [0, 0.1) is 5.82 Å². The second-order valence-electron chi connectivity index (χ2n) is 4.11. The maximum absolute atomic E-state index is 13.5. The van der Waals surface area contributed by atoms with E-state index in [1.54, 1.807) is 18.2 Å². The summed E-state index contributed by atoms with van der Waals surface area (Å²) in [5.41, 5.74) is 6.49. The number of rotatable bonds is 2. The van der Waals surface area contributed by atoms with Gasteiger partial charge in [0.1, 0.15) is 5.82 Å². The molecular weight excluding hydrogens is 201 g/mol. The van der Waals surface area contributed by atoms with Crippen molar-refractivity contribution < 1.29 is 4.39 Å². The fourth-order valence-corrected chi connectivity index (χ4v) is 2.07. The van der Waals surface area contributed by atoms with E-state index < -0.39 is 0 Å². The zero-order valence-corrected chi connectivity index (χ0v) is 8.65. The molecular formula is C11H13ClFN. The van der Waals surface area contributed by atoms with Crippen LogP contribution in [-0.2, 0) is 6.42 Å². The minimum absolute atomic E-state index is 0.186. The molecule has 1 aliphatic carbocycles. The predicted octanol–water partition coefficient (Wildman–Crippen LogP) is 2.90. The van der Waals surface area contributed by atoms with Crippen LogP contribution in [0.2, 0.25) is 5.02 Å². The molecule has 0 aliphatic heterocycles.